The molecule has 1 N–H and O–H groups in total. The molecule has 1 spiro atoms. The summed E-state index contributed by atoms with van der Waals surface area (Å²) in [4.78, 5) is 37.8. The van der Waals surface area contributed by atoms with Crippen LogP contribution in [0.25, 0.3) is 11.0 Å². The van der Waals surface area contributed by atoms with E-state index >= 15 is 0 Å². The highest BCUT2D eigenvalue weighted by atomic mass is 16.2. The summed E-state index contributed by atoms with van der Waals surface area (Å²) in [5.41, 5.74) is 0.641. The Morgan fingerprint density at radius 3 is 2.60 bits per heavy atom. The molecule has 0 saturated carbocycles. The lowest BCUT2D eigenvalue weighted by molar-refractivity contribution is -0.134. The van der Waals surface area contributed by atoms with Crippen LogP contribution in [0.15, 0.2) is 12.3 Å². The average Bonchev–Trinajstić information content (AvgIpc) is 3.12. The van der Waals surface area contributed by atoms with Crippen molar-refractivity contribution in [3.05, 3.63) is 23.8 Å². The molecule has 0 radical (unpaired) electrons. The fourth-order valence-corrected chi connectivity index (χ4v) is 4.47. The predicted octanol–water partition coefficient (Wildman–Crippen LogP) is 1.87. The number of carbonyl (C=O) groups is 2. The van der Waals surface area contributed by atoms with Gasteiger partial charge in [0.25, 0.3) is 5.91 Å². The maximum Gasteiger partial charge on any atom is 0.327 e. The van der Waals surface area contributed by atoms with Gasteiger partial charge in [-0.3, -0.25) is 9.69 Å². The number of rotatable bonds is 3. The number of nitrogens with one attached hydrogen (secondary N) is 1. The molecule has 4 rings (SSSR count). The first-order chi connectivity index (χ1) is 14.2. The van der Waals surface area contributed by atoms with Crippen LogP contribution in [0.5, 0.6) is 0 Å². The molecule has 0 bridgehead atoms. The van der Waals surface area contributed by atoms with Crippen molar-refractivity contribution in [3.63, 3.8) is 0 Å². The van der Waals surface area contributed by atoms with Gasteiger partial charge >= 0.3 is 6.03 Å². The van der Waals surface area contributed by atoms with Crippen molar-refractivity contribution in [2.75, 3.05) is 20.1 Å². The highest BCUT2D eigenvalue weighted by Gasteiger charge is 2.55. The third-order valence-electron chi connectivity index (χ3n) is 6.01. The maximum absolute atomic E-state index is 13.4. The van der Waals surface area contributed by atoms with E-state index in [0.717, 1.165) is 11.1 Å². The molecule has 9 nitrogen and oxygen atoms in total. The van der Waals surface area contributed by atoms with Gasteiger partial charge in [-0.1, -0.05) is 20.8 Å². The van der Waals surface area contributed by atoms with Crippen LogP contribution in [0, 0.1) is 16.7 Å². The number of hydrogen-bond donors (Lipinski definition) is 1. The lowest BCUT2D eigenvalue weighted by Gasteiger charge is -2.36. The molecule has 2 saturated heterocycles. The lowest BCUT2D eigenvalue weighted by Crippen LogP contribution is -2.54. The van der Waals surface area contributed by atoms with Crippen LogP contribution >= 0.6 is 0 Å². The maximum atomic E-state index is 13.4. The van der Waals surface area contributed by atoms with Crippen LogP contribution in [-0.4, -0.2) is 61.9 Å². The van der Waals surface area contributed by atoms with Gasteiger partial charge in [-0.15, -0.1) is 0 Å². The first-order valence-corrected chi connectivity index (χ1v) is 10.2. The second kappa shape index (κ2) is 7.06. The summed E-state index contributed by atoms with van der Waals surface area (Å²) < 4.78 is 2.01. The summed E-state index contributed by atoms with van der Waals surface area (Å²) in [5, 5.41) is 13.3. The summed E-state index contributed by atoms with van der Waals surface area (Å²) in [6, 6.07) is 3.63. The highest BCUT2D eigenvalue weighted by molar-refractivity contribution is 6.07. The number of nitriles is 1. The van der Waals surface area contributed by atoms with Gasteiger partial charge in [0.2, 0.25) is 5.82 Å². The summed E-state index contributed by atoms with van der Waals surface area (Å²) in [5.74, 6) is -0.0307. The van der Waals surface area contributed by atoms with Crippen molar-refractivity contribution in [3.8, 4) is 6.07 Å². The van der Waals surface area contributed by atoms with Gasteiger partial charge in [-0.25, -0.2) is 14.8 Å². The lowest BCUT2D eigenvalue weighted by atomic mass is 9.87. The monoisotopic (exact) mass is 409 g/mol. The number of amides is 3. The first kappa shape index (κ1) is 20.3. The molecule has 9 heteroatoms. The molecular weight excluding hydrogens is 382 g/mol. The molecule has 158 valence electrons. The fourth-order valence-electron chi connectivity index (χ4n) is 4.47. The van der Waals surface area contributed by atoms with Crippen LogP contribution in [0.1, 0.15) is 45.1 Å². The van der Waals surface area contributed by atoms with E-state index < -0.39 is 5.54 Å². The first-order valence-electron chi connectivity index (χ1n) is 10.2. The second-order valence-corrected chi connectivity index (χ2v) is 9.38. The zero-order valence-electron chi connectivity index (χ0n) is 17.9. The number of nitrogens with zero attached hydrogens (tertiary/aromatic N) is 6. The Kier molecular flexibility index (Phi) is 4.77. The molecule has 0 atom stereocenters. The van der Waals surface area contributed by atoms with Crippen molar-refractivity contribution in [2.24, 2.45) is 5.41 Å². The van der Waals surface area contributed by atoms with Crippen molar-refractivity contribution in [2.45, 2.75) is 52.2 Å². The fraction of sp³-hybridized carbons (Fsp3) is 0.571. The second-order valence-electron chi connectivity index (χ2n) is 9.38. The predicted molar refractivity (Wildman–Crippen MR) is 110 cm³/mol. The number of urea groups is 1. The minimum atomic E-state index is -0.753. The van der Waals surface area contributed by atoms with E-state index in [1.165, 1.54) is 4.90 Å². The van der Waals surface area contributed by atoms with Gasteiger partial charge in [0, 0.05) is 30.9 Å². The van der Waals surface area contributed by atoms with E-state index in [0.29, 0.717) is 38.1 Å². The van der Waals surface area contributed by atoms with Gasteiger partial charge < -0.3 is 14.8 Å². The van der Waals surface area contributed by atoms with E-state index in [9.17, 15) is 14.9 Å². The molecular formula is C21H27N7O2. The largest absolute Gasteiger partial charge is 0.327 e. The van der Waals surface area contributed by atoms with Crippen molar-refractivity contribution >= 4 is 23.0 Å². The number of likely N-dealkylation sites (N-methyl/N-ethyl adjacent to an activating group) is 1. The zero-order valence-corrected chi connectivity index (χ0v) is 17.9. The standard InChI is InChI=1S/C21H27N7O2/c1-20(2,3)13-28-15(9-14-11-24-16(10-22)25-17(14)28)12-27-18(29)21(26(4)19(27)30)5-7-23-8-6-21/h9,11,23H,5-8,12-13H2,1-4H3. The van der Waals surface area contributed by atoms with Crippen molar-refractivity contribution in [1.29, 1.82) is 5.26 Å². The molecule has 3 amide bonds. The van der Waals surface area contributed by atoms with Crippen LogP contribution in [-0.2, 0) is 17.9 Å². The van der Waals surface area contributed by atoms with Gasteiger partial charge in [0.1, 0.15) is 17.3 Å². The summed E-state index contributed by atoms with van der Waals surface area (Å²) in [6.45, 7) is 8.57. The third kappa shape index (κ3) is 3.21. The van der Waals surface area contributed by atoms with Gasteiger partial charge in [0.05, 0.1) is 6.54 Å². The van der Waals surface area contributed by atoms with Crippen LogP contribution in [0.2, 0.25) is 0 Å². The van der Waals surface area contributed by atoms with Gasteiger partial charge in [0.15, 0.2) is 0 Å². The molecule has 2 aromatic heterocycles. The Morgan fingerprint density at radius 2 is 1.97 bits per heavy atom. The topological polar surface area (TPSA) is 107 Å². The van der Waals surface area contributed by atoms with E-state index in [2.05, 4.69) is 36.1 Å². The molecule has 0 aromatic carbocycles. The highest BCUT2D eigenvalue weighted by Crippen LogP contribution is 2.36. The number of hydrogen-bond acceptors (Lipinski definition) is 6. The third-order valence-corrected chi connectivity index (χ3v) is 6.01. The molecule has 2 aromatic rings. The minimum absolute atomic E-state index is 0.0649. The number of aromatic nitrogens is 3. The SMILES string of the molecule is CN1C(=O)N(Cc2cc3cnc(C#N)nc3n2CC(C)(C)C)C(=O)C12CCNCC2. The van der Waals surface area contributed by atoms with E-state index in [1.54, 1.807) is 18.1 Å². The molecule has 0 aliphatic carbocycles. The van der Waals surface area contributed by atoms with Gasteiger partial charge in [-0.05, 0) is 37.4 Å². The molecule has 4 heterocycles. The number of fused-ring (bicyclic) bond motifs is 1. The number of carbonyl (C=O) groups excluding carboxylic acids is 2. The number of imide groups is 1. The van der Waals surface area contributed by atoms with Crippen LogP contribution in [0.4, 0.5) is 4.79 Å². The average molecular weight is 409 g/mol. The molecule has 2 aliphatic rings. The zero-order chi connectivity index (χ0) is 21.7. The van der Waals surface area contributed by atoms with Crippen molar-refractivity contribution < 1.29 is 9.59 Å². The summed E-state index contributed by atoms with van der Waals surface area (Å²) in [6.07, 6.45) is 2.86. The smallest absolute Gasteiger partial charge is 0.327 e. The van der Waals surface area contributed by atoms with E-state index in [4.69, 9.17) is 0 Å². The Morgan fingerprint density at radius 1 is 1.27 bits per heavy atom. The van der Waals surface area contributed by atoms with Gasteiger partial charge in [-0.2, -0.15) is 5.26 Å². The summed E-state index contributed by atoms with van der Waals surface area (Å²) >= 11 is 0. The number of piperidine rings is 1. The van der Waals surface area contributed by atoms with Crippen molar-refractivity contribution in [1.82, 2.24) is 29.7 Å². The van der Waals surface area contributed by atoms with E-state index in [-0.39, 0.29) is 29.7 Å². The Hall–Kier alpha value is -2.99. The molecule has 2 fully saturated rings. The molecule has 0 unspecified atom stereocenters. The Balaban J connectivity index is 1.74. The van der Waals surface area contributed by atoms with E-state index in [1.807, 2.05) is 16.7 Å². The minimum Gasteiger partial charge on any atom is -0.327 e. The Labute approximate surface area is 175 Å². The quantitative estimate of drug-likeness (QED) is 0.776. The molecule has 2 aliphatic heterocycles. The van der Waals surface area contributed by atoms with Crippen LogP contribution < -0.4 is 5.32 Å². The Bertz CT molecular complexity index is 1050. The normalized spacial score (nSPS) is 19.2. The summed E-state index contributed by atoms with van der Waals surface area (Å²) in [7, 11) is 1.72. The molecule has 30 heavy (non-hydrogen) atoms. The van der Waals surface area contributed by atoms with Crippen LogP contribution in [0.3, 0.4) is 0 Å².